The minimum absolute atomic E-state index is 0.0193. The van der Waals surface area contributed by atoms with Crippen LogP contribution in [0.4, 0.5) is 10.2 Å². The van der Waals surface area contributed by atoms with E-state index in [-0.39, 0.29) is 42.0 Å². The number of unbranched alkanes of at least 4 members (excludes halogenated alkanes) is 13. The quantitative estimate of drug-likeness (QED) is 0.0417. The maximum atomic E-state index is 15.0. The van der Waals surface area contributed by atoms with Gasteiger partial charge in [-0.1, -0.05) is 114 Å². The number of anilines is 1. The van der Waals surface area contributed by atoms with E-state index in [1.807, 2.05) is 6.07 Å². The first-order valence-electron chi connectivity index (χ1n) is 23.2. The van der Waals surface area contributed by atoms with E-state index in [1.165, 1.54) is 99.7 Å². The Morgan fingerprint density at radius 1 is 0.939 bits per heavy atom. The second-order valence-electron chi connectivity index (χ2n) is 17.8. The number of nitrogen functional groups attached to an aromatic ring is 1. The molecule has 3 fully saturated rings. The molecular formula is C48H61ClFN6O9P. The summed E-state index contributed by atoms with van der Waals surface area (Å²) in [6.07, 6.45) is 14.5. The summed E-state index contributed by atoms with van der Waals surface area (Å²) in [7, 11) is -4.68. The lowest BCUT2D eigenvalue weighted by molar-refractivity contribution is -0.188. The Morgan fingerprint density at radius 2 is 1.64 bits per heavy atom. The van der Waals surface area contributed by atoms with Gasteiger partial charge in [-0.25, -0.2) is 18.5 Å². The number of fused-ring (bicyclic) bond motifs is 1. The van der Waals surface area contributed by atoms with Crippen LogP contribution in [0.15, 0.2) is 60.9 Å². The Bertz CT molecular complexity index is 2400. The molecule has 7 atom stereocenters. The summed E-state index contributed by atoms with van der Waals surface area (Å²) in [4.78, 5) is 4.05. The van der Waals surface area contributed by atoms with Crippen LogP contribution in [0, 0.1) is 28.5 Å². The van der Waals surface area contributed by atoms with Gasteiger partial charge >= 0.3 is 7.82 Å². The van der Waals surface area contributed by atoms with Gasteiger partial charge in [0, 0.05) is 6.61 Å². The SMILES string of the molecule is CCCCCCCCCCCCCCCCOC[C@H](COP(=O)(Oc1ccccc1Cl)OC1[C@H]2O[C@@](C#N)(c3ccc4c(N)ncnn34)[C@@H]3OC(C)(C)O[C@]123)OCc1cc(F)cc(C#N)c1. The van der Waals surface area contributed by atoms with Gasteiger partial charge < -0.3 is 33.9 Å². The molecule has 18 heteroatoms. The molecule has 1 aliphatic carbocycles. The molecule has 0 bridgehead atoms. The lowest BCUT2D eigenvalue weighted by Gasteiger charge is -2.31. The highest BCUT2D eigenvalue weighted by molar-refractivity contribution is 7.49. The zero-order valence-electron chi connectivity index (χ0n) is 38.0. The van der Waals surface area contributed by atoms with Gasteiger partial charge in [0.25, 0.3) is 0 Å². The third-order valence-electron chi connectivity index (χ3n) is 12.2. The van der Waals surface area contributed by atoms with Crippen molar-refractivity contribution in [3.8, 4) is 17.9 Å². The van der Waals surface area contributed by atoms with Crippen LogP contribution in [0.3, 0.4) is 0 Å². The number of para-hydroxylation sites is 1. The third-order valence-corrected chi connectivity index (χ3v) is 13.9. The van der Waals surface area contributed by atoms with Crippen LogP contribution < -0.4 is 10.3 Å². The van der Waals surface area contributed by atoms with Gasteiger partial charge in [-0.05, 0) is 68.3 Å². The molecule has 2 N–H and O–H groups in total. The van der Waals surface area contributed by atoms with E-state index in [0.29, 0.717) is 23.4 Å². The zero-order valence-corrected chi connectivity index (χ0v) is 39.7. The smallest absolute Gasteiger partial charge is 0.402 e. The van der Waals surface area contributed by atoms with Crippen LogP contribution >= 0.6 is 19.4 Å². The molecular weight excluding hydrogens is 890 g/mol. The summed E-state index contributed by atoms with van der Waals surface area (Å²) in [5.74, 6) is -1.59. The third kappa shape index (κ3) is 11.6. The van der Waals surface area contributed by atoms with Gasteiger partial charge in [-0.15, -0.1) is 0 Å². The minimum Gasteiger partial charge on any atom is -0.402 e. The zero-order chi connectivity index (χ0) is 46.8. The first kappa shape index (κ1) is 49.7. The predicted molar refractivity (Wildman–Crippen MR) is 244 cm³/mol. The maximum Gasteiger partial charge on any atom is 0.530 e. The summed E-state index contributed by atoms with van der Waals surface area (Å²) in [5.41, 5.74) is 4.26. The molecule has 2 aromatic heterocycles. The number of rotatable bonds is 28. The van der Waals surface area contributed by atoms with Gasteiger partial charge in [0.15, 0.2) is 17.2 Å². The Labute approximate surface area is 391 Å². The van der Waals surface area contributed by atoms with Crippen molar-refractivity contribution in [1.82, 2.24) is 14.6 Å². The number of nitrogens with zero attached hydrogens (tertiary/aromatic N) is 5. The van der Waals surface area contributed by atoms with E-state index in [0.717, 1.165) is 25.3 Å². The van der Waals surface area contributed by atoms with Crippen molar-refractivity contribution in [2.24, 2.45) is 0 Å². The van der Waals surface area contributed by atoms with Gasteiger partial charge in [0.2, 0.25) is 5.60 Å². The van der Waals surface area contributed by atoms with E-state index in [1.54, 1.807) is 44.2 Å². The number of nitrogens with two attached hydrogens (primary N) is 1. The number of ether oxygens (including phenoxy) is 5. The van der Waals surface area contributed by atoms with Crippen molar-refractivity contribution in [1.29, 1.82) is 10.5 Å². The fourth-order valence-electron chi connectivity index (χ4n) is 8.94. The van der Waals surface area contributed by atoms with Crippen molar-refractivity contribution < 1.29 is 46.2 Å². The summed E-state index contributed by atoms with van der Waals surface area (Å²) < 4.78 is 81.0. The molecule has 2 aliphatic heterocycles. The highest BCUT2D eigenvalue weighted by Crippen LogP contribution is 2.70. The van der Waals surface area contributed by atoms with Crippen molar-refractivity contribution in [3.63, 3.8) is 0 Å². The molecule has 2 aromatic carbocycles. The monoisotopic (exact) mass is 950 g/mol. The highest BCUT2D eigenvalue weighted by atomic mass is 35.5. The first-order chi connectivity index (χ1) is 31.9. The maximum absolute atomic E-state index is 15.0. The molecule has 66 heavy (non-hydrogen) atoms. The number of hydrogen-bond donors (Lipinski definition) is 1. The van der Waals surface area contributed by atoms with Crippen molar-refractivity contribution in [2.45, 2.75) is 159 Å². The van der Waals surface area contributed by atoms with Crippen LogP contribution in [0.5, 0.6) is 5.75 Å². The lowest BCUT2D eigenvalue weighted by atomic mass is 9.90. The average Bonchev–Trinajstić information content (AvgIpc) is 3.61. The lowest BCUT2D eigenvalue weighted by Crippen LogP contribution is -2.46. The normalized spacial score (nSPS) is 24.0. The minimum atomic E-state index is -4.68. The molecule has 0 amide bonds. The van der Waals surface area contributed by atoms with Crippen molar-refractivity contribution >= 4 is 30.8 Å². The Morgan fingerprint density at radius 3 is 2.32 bits per heavy atom. The van der Waals surface area contributed by atoms with Gasteiger partial charge in [0.1, 0.15) is 53.9 Å². The van der Waals surface area contributed by atoms with E-state index in [2.05, 4.69) is 23.1 Å². The number of benzene rings is 2. The number of hydrogen-bond acceptors (Lipinski definition) is 14. The van der Waals surface area contributed by atoms with Crippen molar-refractivity contribution in [2.75, 3.05) is 25.6 Å². The Balaban J connectivity index is 1.01. The molecule has 1 saturated carbocycles. The van der Waals surface area contributed by atoms with E-state index in [4.69, 9.17) is 54.6 Å². The van der Waals surface area contributed by atoms with Gasteiger partial charge in [-0.3, -0.25) is 9.05 Å². The summed E-state index contributed by atoms with van der Waals surface area (Å²) in [6.45, 7) is 5.65. The van der Waals surface area contributed by atoms with E-state index in [9.17, 15) is 14.9 Å². The fourth-order valence-corrected chi connectivity index (χ4v) is 10.6. The number of phosphoric acid groups is 1. The molecule has 356 valence electrons. The van der Waals surface area contributed by atoms with Crippen LogP contribution in [-0.4, -0.2) is 70.2 Å². The topological polar surface area (TPSA) is 195 Å². The first-order valence-corrected chi connectivity index (χ1v) is 25.0. The van der Waals surface area contributed by atoms with E-state index >= 15 is 4.57 Å². The fraction of sp³-hybridized carbons (Fsp3) is 0.583. The Hall–Kier alpha value is -4.19. The average molecular weight is 951 g/mol. The van der Waals surface area contributed by atoms with E-state index < -0.39 is 55.0 Å². The van der Waals surface area contributed by atoms with Crippen LogP contribution in [0.2, 0.25) is 5.02 Å². The van der Waals surface area contributed by atoms with Crippen LogP contribution in [0.25, 0.3) is 5.52 Å². The molecule has 2 saturated heterocycles. The van der Waals surface area contributed by atoms with Crippen LogP contribution in [0.1, 0.15) is 127 Å². The van der Waals surface area contributed by atoms with Crippen LogP contribution in [-0.2, 0) is 49.5 Å². The van der Waals surface area contributed by atoms with Crippen molar-refractivity contribution in [3.05, 3.63) is 88.6 Å². The highest BCUT2D eigenvalue weighted by Gasteiger charge is 2.89. The number of halogens is 2. The molecule has 3 aliphatic rings. The number of nitriles is 2. The number of aromatic nitrogens is 3. The molecule has 1 spiro atoms. The molecule has 4 aromatic rings. The predicted octanol–water partition coefficient (Wildman–Crippen LogP) is 10.7. The largest absolute Gasteiger partial charge is 0.530 e. The standard InChI is InChI=1S/C48H61ClFN6O9P/c1-4-5-6-7-8-9-10-11-12-13-14-15-16-19-24-58-30-37(59-29-35-25-34(28-51)26-36(50)27-35)31-60-66(57,63-40-21-18-17-20-38(40)49)64-43-42-48(43)45(62-46(2,3)65-48)47(32-52,61-42)41-23-22-39-44(53)54-33-55-56(39)41/h17-18,20-23,25-27,33,37,42-43,45H,4-16,19,24,29-31H2,1-3H3,(H2,53,54,55)/t37-,42-,43?,45+,47+,48+,66?/m1/s1. The molecule has 4 heterocycles. The van der Waals surface area contributed by atoms with Gasteiger partial charge in [0.05, 0.1) is 42.2 Å². The molecule has 15 nitrogen and oxygen atoms in total. The summed E-state index contributed by atoms with van der Waals surface area (Å²) in [5, 5.41) is 24.7. The van der Waals surface area contributed by atoms with Gasteiger partial charge in [-0.2, -0.15) is 15.6 Å². The molecule has 0 radical (unpaired) electrons. The summed E-state index contributed by atoms with van der Waals surface area (Å²) >= 11 is 6.49. The second-order valence-corrected chi connectivity index (χ2v) is 19.7. The summed E-state index contributed by atoms with van der Waals surface area (Å²) in [6, 6.07) is 17.9. The number of phosphoric ester groups is 1. The molecule has 2 unspecified atom stereocenters. The second kappa shape index (κ2) is 22.3. The molecule has 7 rings (SSSR count). The Kier molecular flexibility index (Phi) is 16.8.